The van der Waals surface area contributed by atoms with Gasteiger partial charge in [-0.3, -0.25) is 0 Å². The van der Waals surface area contributed by atoms with E-state index < -0.39 is 4.92 Å². The predicted molar refractivity (Wildman–Crippen MR) is 69.5 cm³/mol. The van der Waals surface area contributed by atoms with Gasteiger partial charge in [0.2, 0.25) is 5.75 Å². The van der Waals surface area contributed by atoms with Gasteiger partial charge in [-0.15, -0.1) is 0 Å². The second kappa shape index (κ2) is 5.81. The molecule has 19 heavy (non-hydrogen) atoms. The minimum Gasteiger partial charge on any atom is -0.479 e. The minimum absolute atomic E-state index is 0.0358. The molecule has 8 heteroatoms. The highest BCUT2D eigenvalue weighted by Crippen LogP contribution is 2.25. The van der Waals surface area contributed by atoms with E-state index in [1.807, 2.05) is 0 Å². The fourth-order valence-electron chi connectivity index (χ4n) is 1.34. The second-order valence-corrected chi connectivity index (χ2v) is 4.23. The summed E-state index contributed by atoms with van der Waals surface area (Å²) >= 11 is 11.6. The Kier molecular flexibility index (Phi) is 4.13. The third-order valence-corrected chi connectivity index (χ3v) is 2.73. The van der Waals surface area contributed by atoms with Crippen LogP contribution in [0.15, 0.2) is 30.5 Å². The maximum atomic E-state index is 10.8. The van der Waals surface area contributed by atoms with E-state index in [9.17, 15) is 10.1 Å². The van der Waals surface area contributed by atoms with Gasteiger partial charge in [0.05, 0.1) is 10.7 Å². The number of pyridine rings is 2. The molecule has 0 aliphatic rings. The summed E-state index contributed by atoms with van der Waals surface area (Å²) in [5.74, 6) is -0.314. The average molecular weight is 300 g/mol. The molecule has 0 aliphatic carbocycles. The van der Waals surface area contributed by atoms with E-state index in [1.165, 1.54) is 18.3 Å². The predicted octanol–water partition coefficient (Wildman–Crippen LogP) is 3.27. The Morgan fingerprint density at radius 2 is 2.11 bits per heavy atom. The fourth-order valence-corrected chi connectivity index (χ4v) is 1.66. The van der Waals surface area contributed by atoms with Gasteiger partial charge in [-0.25, -0.2) is 4.98 Å². The van der Waals surface area contributed by atoms with Crippen LogP contribution < -0.4 is 4.74 Å². The van der Waals surface area contributed by atoms with Gasteiger partial charge in [-0.2, -0.15) is 0 Å². The number of aromatic nitrogens is 2. The Morgan fingerprint density at radius 3 is 2.84 bits per heavy atom. The van der Waals surface area contributed by atoms with Crippen molar-refractivity contribution in [2.45, 2.75) is 6.61 Å². The van der Waals surface area contributed by atoms with Crippen molar-refractivity contribution in [3.8, 4) is 5.75 Å². The average Bonchev–Trinajstić information content (AvgIpc) is 2.40. The number of rotatable bonds is 4. The molecule has 0 radical (unpaired) electrons. The molecule has 2 rings (SSSR count). The molecule has 6 nitrogen and oxygen atoms in total. The summed E-state index contributed by atoms with van der Waals surface area (Å²) in [7, 11) is 0. The zero-order chi connectivity index (χ0) is 13.8. The van der Waals surface area contributed by atoms with Crippen molar-refractivity contribution in [2.75, 3.05) is 0 Å². The molecule has 0 unspecified atom stereocenters. The molecule has 98 valence electrons. The van der Waals surface area contributed by atoms with Crippen molar-refractivity contribution in [1.82, 2.24) is 9.97 Å². The Labute approximate surface area is 118 Å². The smallest absolute Gasteiger partial charge is 0.406 e. The molecule has 2 aromatic heterocycles. The van der Waals surface area contributed by atoms with Gasteiger partial charge in [-0.1, -0.05) is 23.2 Å². The first-order valence-electron chi connectivity index (χ1n) is 5.11. The van der Waals surface area contributed by atoms with Crippen LogP contribution in [0.3, 0.4) is 0 Å². The summed E-state index contributed by atoms with van der Waals surface area (Å²) in [5.41, 5.74) is 0.396. The molecule has 2 aromatic rings. The number of nitro groups is 1. The Morgan fingerprint density at radius 1 is 1.32 bits per heavy atom. The van der Waals surface area contributed by atoms with E-state index in [4.69, 9.17) is 27.9 Å². The van der Waals surface area contributed by atoms with Crippen LogP contribution >= 0.6 is 23.2 Å². The molecule has 0 spiro atoms. The van der Waals surface area contributed by atoms with Crippen molar-refractivity contribution in [3.63, 3.8) is 0 Å². The maximum Gasteiger partial charge on any atom is 0.406 e. The lowest BCUT2D eigenvalue weighted by Gasteiger charge is -2.07. The zero-order valence-corrected chi connectivity index (χ0v) is 10.9. The first-order valence-corrected chi connectivity index (χ1v) is 5.86. The van der Waals surface area contributed by atoms with Crippen LogP contribution in [-0.2, 0) is 6.61 Å². The molecule has 0 N–H and O–H groups in total. The fraction of sp³-hybridized carbons (Fsp3) is 0.0909. The summed E-state index contributed by atoms with van der Waals surface area (Å²) in [6.45, 7) is -0.0358. The lowest BCUT2D eigenvalue weighted by molar-refractivity contribution is -0.390. The monoisotopic (exact) mass is 299 g/mol. The maximum absolute atomic E-state index is 10.8. The van der Waals surface area contributed by atoms with Gasteiger partial charge in [0, 0.05) is 0 Å². The molecular weight excluding hydrogens is 293 g/mol. The van der Waals surface area contributed by atoms with E-state index in [0.29, 0.717) is 10.7 Å². The van der Waals surface area contributed by atoms with Gasteiger partial charge in [0.15, 0.2) is 0 Å². The van der Waals surface area contributed by atoms with Crippen LogP contribution in [0, 0.1) is 10.1 Å². The van der Waals surface area contributed by atoms with Gasteiger partial charge in [0.25, 0.3) is 0 Å². The number of ether oxygens (including phenoxy) is 1. The van der Waals surface area contributed by atoms with Crippen LogP contribution in [0.4, 0.5) is 5.82 Å². The molecule has 0 amide bonds. The highest BCUT2D eigenvalue weighted by molar-refractivity contribution is 6.32. The van der Waals surface area contributed by atoms with Crippen LogP contribution in [0.1, 0.15) is 5.69 Å². The highest BCUT2D eigenvalue weighted by atomic mass is 35.5. The second-order valence-electron chi connectivity index (χ2n) is 3.43. The van der Waals surface area contributed by atoms with Crippen LogP contribution in [0.25, 0.3) is 0 Å². The van der Waals surface area contributed by atoms with Gasteiger partial charge in [-0.05, 0) is 34.2 Å². The van der Waals surface area contributed by atoms with Crippen LogP contribution in [0.2, 0.25) is 10.2 Å². The van der Waals surface area contributed by atoms with Gasteiger partial charge < -0.3 is 14.9 Å². The van der Waals surface area contributed by atoms with Gasteiger partial charge >= 0.3 is 5.82 Å². The molecule has 0 saturated heterocycles. The largest absolute Gasteiger partial charge is 0.479 e. The van der Waals surface area contributed by atoms with Crippen LogP contribution in [0.5, 0.6) is 5.75 Å². The summed E-state index contributed by atoms with van der Waals surface area (Å²) in [4.78, 5) is 17.7. The third kappa shape index (κ3) is 3.30. The number of halogens is 2. The normalized spacial score (nSPS) is 10.2. The number of nitrogens with zero attached hydrogens (tertiary/aromatic N) is 3. The Balaban J connectivity index is 2.19. The number of hydrogen-bond acceptors (Lipinski definition) is 5. The van der Waals surface area contributed by atoms with Crippen molar-refractivity contribution in [1.29, 1.82) is 0 Å². The first-order chi connectivity index (χ1) is 9.08. The van der Waals surface area contributed by atoms with E-state index in [2.05, 4.69) is 9.97 Å². The van der Waals surface area contributed by atoms with Crippen molar-refractivity contribution in [2.24, 2.45) is 0 Å². The third-order valence-electron chi connectivity index (χ3n) is 2.17. The molecular formula is C11H7Cl2N3O3. The van der Waals surface area contributed by atoms with E-state index in [-0.39, 0.29) is 23.3 Å². The van der Waals surface area contributed by atoms with E-state index >= 15 is 0 Å². The molecule has 0 aliphatic heterocycles. The van der Waals surface area contributed by atoms with Gasteiger partial charge in [0.1, 0.15) is 18.0 Å². The molecule has 0 saturated carbocycles. The SMILES string of the molecule is O=[N+]([O-])c1ncccc1OCc1nc(Cl)ccc1Cl. The van der Waals surface area contributed by atoms with Crippen molar-refractivity contribution >= 4 is 29.0 Å². The molecule has 0 aromatic carbocycles. The highest BCUT2D eigenvalue weighted by Gasteiger charge is 2.16. The minimum atomic E-state index is -0.623. The lowest BCUT2D eigenvalue weighted by Crippen LogP contribution is -2.02. The van der Waals surface area contributed by atoms with Crippen LogP contribution in [-0.4, -0.2) is 14.9 Å². The van der Waals surface area contributed by atoms with E-state index in [1.54, 1.807) is 12.1 Å². The Bertz CT molecular complexity index is 622. The molecule has 0 fully saturated rings. The zero-order valence-electron chi connectivity index (χ0n) is 9.42. The van der Waals surface area contributed by atoms with Crippen molar-refractivity contribution < 1.29 is 9.66 Å². The summed E-state index contributed by atoms with van der Waals surface area (Å²) in [6, 6.07) is 6.10. The molecule has 0 atom stereocenters. The molecule has 2 heterocycles. The summed E-state index contributed by atoms with van der Waals surface area (Å²) < 4.78 is 5.31. The van der Waals surface area contributed by atoms with Crippen molar-refractivity contribution in [3.05, 3.63) is 56.4 Å². The first kappa shape index (κ1) is 13.5. The van der Waals surface area contributed by atoms with E-state index in [0.717, 1.165) is 0 Å². The lowest BCUT2D eigenvalue weighted by atomic mass is 10.3. The molecule has 0 bridgehead atoms. The Hall–Kier alpha value is -1.92. The summed E-state index contributed by atoms with van der Waals surface area (Å²) in [6.07, 6.45) is 1.32. The topological polar surface area (TPSA) is 78.2 Å². The number of hydrogen-bond donors (Lipinski definition) is 0. The standard InChI is InChI=1S/C11H7Cl2N3O3/c12-7-3-4-10(13)15-8(7)6-19-9-2-1-5-14-11(9)16(17)18/h1-5H,6H2. The summed E-state index contributed by atoms with van der Waals surface area (Å²) in [5, 5.41) is 11.4. The quantitative estimate of drug-likeness (QED) is 0.492.